The van der Waals surface area contributed by atoms with E-state index in [0.717, 1.165) is 10.1 Å². The molecule has 0 saturated heterocycles. The highest BCUT2D eigenvalue weighted by Gasteiger charge is 2.34. The molecular formula is C16H10Cl3F3N2O3. The number of halogens is 6. The molecule has 0 N–H and O–H groups in total. The molecule has 0 unspecified atom stereocenters. The summed E-state index contributed by atoms with van der Waals surface area (Å²) in [5.41, 5.74) is -1.51. The van der Waals surface area contributed by atoms with Crippen LogP contribution in [-0.4, -0.2) is 22.1 Å². The number of rotatable bonds is 4. The summed E-state index contributed by atoms with van der Waals surface area (Å²) in [6.45, 7) is 1.67. The molecule has 0 bridgehead atoms. The first-order chi connectivity index (χ1) is 12.6. The topological polar surface area (TPSA) is 61.2 Å². The van der Waals surface area contributed by atoms with Gasteiger partial charge in [-0.15, -0.1) is 0 Å². The van der Waals surface area contributed by atoms with Gasteiger partial charge in [0.25, 0.3) is 5.56 Å². The zero-order valence-corrected chi connectivity index (χ0v) is 15.7. The van der Waals surface area contributed by atoms with Crippen LogP contribution < -0.4 is 5.56 Å². The van der Waals surface area contributed by atoms with Crippen LogP contribution in [0.3, 0.4) is 0 Å². The largest absolute Gasteiger partial charge is 0.462 e. The molecular weight excluding hydrogens is 432 g/mol. The van der Waals surface area contributed by atoms with Crippen molar-refractivity contribution in [1.29, 1.82) is 0 Å². The number of ether oxygens (including phenoxy) is 1. The minimum atomic E-state index is -4.83. The van der Waals surface area contributed by atoms with Crippen molar-refractivity contribution in [2.75, 3.05) is 6.61 Å². The number of carbonyl (C=O) groups is 1. The van der Waals surface area contributed by atoms with Gasteiger partial charge in [-0.3, -0.25) is 9.36 Å². The van der Waals surface area contributed by atoms with Gasteiger partial charge >= 0.3 is 12.1 Å². The van der Waals surface area contributed by atoms with Crippen molar-refractivity contribution < 1.29 is 22.7 Å². The van der Waals surface area contributed by atoms with Gasteiger partial charge in [0.1, 0.15) is 0 Å². The van der Waals surface area contributed by atoms with Gasteiger partial charge in [-0.25, -0.2) is 9.78 Å². The third-order valence-electron chi connectivity index (χ3n) is 3.27. The fraction of sp³-hybridized carbons (Fsp3) is 0.188. The number of benzene rings is 1. The Bertz CT molecular complexity index is 972. The van der Waals surface area contributed by atoms with Crippen molar-refractivity contribution in [2.45, 2.75) is 13.1 Å². The molecule has 0 fully saturated rings. The van der Waals surface area contributed by atoms with Crippen molar-refractivity contribution in [1.82, 2.24) is 9.55 Å². The van der Waals surface area contributed by atoms with Crippen LogP contribution in [0.1, 0.15) is 18.2 Å². The van der Waals surface area contributed by atoms with E-state index in [2.05, 4.69) is 4.98 Å². The van der Waals surface area contributed by atoms with Crippen LogP contribution in [0.5, 0.6) is 0 Å². The summed E-state index contributed by atoms with van der Waals surface area (Å²) in [6, 6.07) is 4.22. The number of nitrogens with zero attached hydrogens (tertiary/aromatic N) is 2. The van der Waals surface area contributed by atoms with Crippen molar-refractivity contribution >= 4 is 46.3 Å². The van der Waals surface area contributed by atoms with E-state index < -0.39 is 28.7 Å². The second-order valence-corrected chi connectivity index (χ2v) is 5.95. The molecule has 0 spiro atoms. The van der Waals surface area contributed by atoms with E-state index in [4.69, 9.17) is 39.5 Å². The molecule has 2 rings (SSSR count). The second-order valence-electron chi connectivity index (χ2n) is 4.99. The Morgan fingerprint density at radius 3 is 2.48 bits per heavy atom. The zero-order valence-electron chi connectivity index (χ0n) is 13.5. The quantitative estimate of drug-likeness (QED) is 0.392. The first-order valence-corrected chi connectivity index (χ1v) is 8.44. The van der Waals surface area contributed by atoms with Gasteiger partial charge in [0.2, 0.25) is 5.28 Å². The minimum absolute atomic E-state index is 0.0333. The highest BCUT2D eigenvalue weighted by Crippen LogP contribution is 2.30. The third kappa shape index (κ3) is 4.63. The maximum absolute atomic E-state index is 12.8. The van der Waals surface area contributed by atoms with Gasteiger partial charge in [-0.1, -0.05) is 23.2 Å². The monoisotopic (exact) mass is 440 g/mol. The van der Waals surface area contributed by atoms with Crippen LogP contribution in [0, 0.1) is 0 Å². The van der Waals surface area contributed by atoms with Crippen molar-refractivity contribution in [3.63, 3.8) is 0 Å². The minimum Gasteiger partial charge on any atom is -0.462 e. The SMILES string of the molecule is CCOC(=O)C(=CCl)c1cc(-n2c(Cl)nc(C(F)(F)F)cc2=O)ccc1Cl. The molecule has 1 heterocycles. The Hall–Kier alpha value is -2.03. The Morgan fingerprint density at radius 2 is 1.96 bits per heavy atom. The summed E-state index contributed by atoms with van der Waals surface area (Å²) in [7, 11) is 0. The molecule has 0 aliphatic carbocycles. The Kier molecular flexibility index (Phi) is 6.56. The number of hydrogen-bond acceptors (Lipinski definition) is 4. The summed E-state index contributed by atoms with van der Waals surface area (Å²) in [6.07, 6.45) is -4.83. The van der Waals surface area contributed by atoms with E-state index in [1.165, 1.54) is 18.2 Å². The second kappa shape index (κ2) is 8.33. The van der Waals surface area contributed by atoms with E-state index in [1.54, 1.807) is 6.92 Å². The Labute approximate surface area is 165 Å². The molecule has 0 saturated carbocycles. The van der Waals surface area contributed by atoms with Gasteiger partial charge in [-0.2, -0.15) is 13.2 Å². The zero-order chi connectivity index (χ0) is 20.4. The molecule has 11 heteroatoms. The maximum atomic E-state index is 12.8. The lowest BCUT2D eigenvalue weighted by atomic mass is 10.1. The summed E-state index contributed by atoms with van der Waals surface area (Å²) < 4.78 is 43.9. The Morgan fingerprint density at radius 1 is 1.30 bits per heavy atom. The summed E-state index contributed by atoms with van der Waals surface area (Å²) in [5.74, 6) is -0.768. The lowest BCUT2D eigenvalue weighted by Gasteiger charge is -2.14. The summed E-state index contributed by atoms with van der Waals surface area (Å²) in [4.78, 5) is 27.4. The van der Waals surface area contributed by atoms with Gasteiger partial charge in [-0.05, 0) is 36.7 Å². The smallest absolute Gasteiger partial charge is 0.433 e. The number of carbonyl (C=O) groups excluding carboxylic acids is 1. The molecule has 5 nitrogen and oxygen atoms in total. The molecule has 2 aromatic rings. The van der Waals surface area contributed by atoms with Gasteiger partial charge in [0, 0.05) is 22.2 Å². The van der Waals surface area contributed by atoms with Crippen LogP contribution in [-0.2, 0) is 15.7 Å². The van der Waals surface area contributed by atoms with Gasteiger partial charge in [0.15, 0.2) is 5.69 Å². The van der Waals surface area contributed by atoms with Crippen molar-refractivity contribution in [2.24, 2.45) is 0 Å². The van der Waals surface area contributed by atoms with Crippen LogP contribution in [0.15, 0.2) is 34.6 Å². The molecule has 1 aromatic carbocycles. The van der Waals surface area contributed by atoms with Crippen molar-refractivity contribution in [3.8, 4) is 5.69 Å². The number of esters is 1. The van der Waals surface area contributed by atoms with E-state index in [1.807, 2.05) is 0 Å². The first kappa shape index (κ1) is 21.3. The van der Waals surface area contributed by atoms with E-state index in [-0.39, 0.29) is 28.5 Å². The number of hydrogen-bond donors (Lipinski definition) is 0. The normalized spacial score (nSPS) is 12.2. The number of aromatic nitrogens is 2. The molecule has 0 aliphatic rings. The molecule has 1 aromatic heterocycles. The van der Waals surface area contributed by atoms with Crippen LogP contribution in [0.2, 0.25) is 10.3 Å². The standard InChI is InChI=1S/C16H10Cl3F3N2O3/c1-2-27-14(26)10(7-17)9-5-8(3-4-11(9)18)24-13(25)6-12(16(20,21)22)23-15(24)19/h3-7H,2H2,1H3. The summed E-state index contributed by atoms with van der Waals surface area (Å²) >= 11 is 17.5. The molecule has 27 heavy (non-hydrogen) atoms. The highest BCUT2D eigenvalue weighted by molar-refractivity contribution is 6.38. The van der Waals surface area contributed by atoms with Crippen LogP contribution in [0.4, 0.5) is 13.2 Å². The Balaban J connectivity index is 2.63. The van der Waals surface area contributed by atoms with Gasteiger partial charge < -0.3 is 4.74 Å². The van der Waals surface area contributed by atoms with E-state index in [0.29, 0.717) is 6.07 Å². The molecule has 144 valence electrons. The fourth-order valence-electron chi connectivity index (χ4n) is 2.11. The first-order valence-electron chi connectivity index (χ1n) is 7.24. The summed E-state index contributed by atoms with van der Waals surface area (Å²) in [5, 5.41) is -0.613. The number of alkyl halides is 3. The highest BCUT2D eigenvalue weighted by atomic mass is 35.5. The van der Waals surface area contributed by atoms with E-state index in [9.17, 15) is 22.8 Å². The lowest BCUT2D eigenvalue weighted by Crippen LogP contribution is -2.23. The predicted octanol–water partition coefficient (Wildman–Crippen LogP) is 4.70. The lowest BCUT2D eigenvalue weighted by molar-refractivity contribution is -0.141. The predicted molar refractivity (Wildman–Crippen MR) is 95.3 cm³/mol. The average Bonchev–Trinajstić information content (AvgIpc) is 2.56. The van der Waals surface area contributed by atoms with Crippen molar-refractivity contribution in [3.05, 3.63) is 61.7 Å². The average molecular weight is 442 g/mol. The molecule has 0 atom stereocenters. The maximum Gasteiger partial charge on any atom is 0.433 e. The van der Waals surface area contributed by atoms with Crippen LogP contribution >= 0.6 is 34.8 Å². The fourth-order valence-corrected chi connectivity index (χ4v) is 2.81. The molecule has 0 radical (unpaired) electrons. The third-order valence-corrected chi connectivity index (χ3v) is 4.07. The van der Waals surface area contributed by atoms with E-state index >= 15 is 0 Å². The molecule has 0 amide bonds. The van der Waals surface area contributed by atoms with Crippen LogP contribution in [0.25, 0.3) is 11.3 Å². The van der Waals surface area contributed by atoms with Gasteiger partial charge in [0.05, 0.1) is 17.9 Å². The molecule has 0 aliphatic heterocycles.